The monoisotopic (exact) mass is 295 g/mol. The molecule has 1 aliphatic carbocycles. The summed E-state index contributed by atoms with van der Waals surface area (Å²) in [5.41, 5.74) is 3.33. The minimum Gasteiger partial charge on any atom is -0.763 e. The van der Waals surface area contributed by atoms with Crippen LogP contribution in [0, 0.1) is 5.92 Å². The molecule has 0 saturated heterocycles. The first-order valence-corrected chi connectivity index (χ1v) is 7.50. The Kier molecular flexibility index (Phi) is 3.82. The van der Waals surface area contributed by atoms with Crippen molar-refractivity contribution < 1.29 is 4.79 Å². The molecule has 1 heterocycles. The third-order valence-electron chi connectivity index (χ3n) is 4.07. The Morgan fingerprint density at radius 2 is 2.05 bits per heavy atom. The minimum atomic E-state index is -0.200. The van der Waals surface area contributed by atoms with Gasteiger partial charge < -0.3 is 10.7 Å². The molecule has 1 N–H and O–H groups in total. The molecule has 21 heavy (non-hydrogen) atoms. The largest absolute Gasteiger partial charge is 0.763 e. The van der Waals surface area contributed by atoms with Gasteiger partial charge in [0, 0.05) is 29.2 Å². The van der Waals surface area contributed by atoms with E-state index in [-0.39, 0.29) is 11.7 Å². The van der Waals surface area contributed by atoms with Crippen LogP contribution in [0.1, 0.15) is 24.8 Å². The zero-order chi connectivity index (χ0) is 14.8. The Bertz CT molecular complexity index is 684. The maximum atomic E-state index is 12.3. The number of nitrogens with zero attached hydrogens (tertiary/aromatic N) is 1. The molecule has 0 fully saturated rings. The lowest BCUT2D eigenvalue weighted by molar-refractivity contribution is -0.116. The van der Waals surface area contributed by atoms with E-state index in [4.69, 9.17) is 12.2 Å². The van der Waals surface area contributed by atoms with Crippen molar-refractivity contribution in [3.63, 3.8) is 0 Å². The number of benzene rings is 1. The molecule has 3 rings (SSSR count). The number of nitrogens with one attached hydrogen (secondary N) is 1. The molecule has 1 atom stereocenters. The van der Waals surface area contributed by atoms with E-state index in [1.165, 1.54) is 0 Å². The molecule has 0 unspecified atom stereocenters. The number of carbonyl (C=O) groups excluding carboxylic acids is 1. The molecule has 0 amide bonds. The number of hydrogen-bond donors (Lipinski definition) is 1. The highest BCUT2D eigenvalue weighted by Crippen LogP contribution is 2.35. The van der Waals surface area contributed by atoms with Crippen molar-refractivity contribution in [1.29, 1.82) is 0 Å². The molecule has 1 aromatic carbocycles. The highest BCUT2D eigenvalue weighted by atomic mass is 32.1. The number of ketones is 1. The van der Waals surface area contributed by atoms with E-state index in [1.54, 1.807) is 0 Å². The van der Waals surface area contributed by atoms with Crippen molar-refractivity contribution in [2.45, 2.75) is 25.7 Å². The van der Waals surface area contributed by atoms with Crippen molar-refractivity contribution in [3.8, 4) is 0 Å². The van der Waals surface area contributed by atoms with Crippen LogP contribution in [0.4, 0.5) is 0 Å². The quantitative estimate of drug-likeness (QED) is 0.518. The van der Waals surface area contributed by atoms with Gasteiger partial charge in [-0.15, -0.1) is 0 Å². The van der Waals surface area contributed by atoms with E-state index in [9.17, 15) is 10.2 Å². The molecule has 106 valence electrons. The number of allylic oxidation sites excluding steroid dienone is 2. The second-order valence-corrected chi connectivity index (χ2v) is 5.80. The maximum absolute atomic E-state index is 12.3. The van der Waals surface area contributed by atoms with Gasteiger partial charge in [-0.1, -0.05) is 42.5 Å². The van der Waals surface area contributed by atoms with Gasteiger partial charge in [0.05, 0.1) is 0 Å². The predicted octanol–water partition coefficient (Wildman–Crippen LogP) is 2.95. The van der Waals surface area contributed by atoms with Crippen LogP contribution < -0.4 is 5.32 Å². The number of Topliss-reactive ketones (excluding diaryl/α,β-unsaturated/α-hetero) is 1. The number of carbonyl (C=O) groups is 1. The second kappa shape index (κ2) is 5.76. The van der Waals surface area contributed by atoms with Crippen molar-refractivity contribution in [3.05, 3.63) is 58.1 Å². The third kappa shape index (κ3) is 2.60. The molecular weight excluding hydrogens is 280 g/mol. The van der Waals surface area contributed by atoms with E-state index in [2.05, 4.69) is 11.2 Å². The highest BCUT2D eigenvalue weighted by Gasteiger charge is 2.35. The van der Waals surface area contributed by atoms with Crippen LogP contribution >= 0.6 is 12.2 Å². The lowest BCUT2D eigenvalue weighted by Crippen LogP contribution is -2.39. The van der Waals surface area contributed by atoms with Crippen LogP contribution in [0.5, 0.6) is 0 Å². The standard InChI is InChI=1S/C17H15N2OS/c18-10-13-12(9-11-5-2-1-3-6-11)16-14(19-17(13)21)7-4-8-15(16)20/h1-3,5-6,12H,4,7-9H2,(H,19,21)/q-1/t12-/m0/s1. The first kappa shape index (κ1) is 13.9. The molecule has 0 saturated carbocycles. The molecule has 1 aliphatic heterocycles. The SMILES string of the molecule is [N-]=C=C1C(=S)NC2=C(C(=O)CCC2)[C@H]1Cc1ccccc1. The fourth-order valence-corrected chi connectivity index (χ4v) is 3.40. The van der Waals surface area contributed by atoms with Crippen molar-refractivity contribution >= 4 is 28.9 Å². The number of hydrogen-bond acceptors (Lipinski definition) is 2. The summed E-state index contributed by atoms with van der Waals surface area (Å²) in [6, 6.07) is 9.95. The van der Waals surface area contributed by atoms with E-state index in [1.807, 2.05) is 30.3 Å². The maximum Gasteiger partial charge on any atom is 0.161 e. The summed E-state index contributed by atoms with van der Waals surface area (Å²) >= 11 is 5.31. The van der Waals surface area contributed by atoms with E-state index >= 15 is 0 Å². The molecule has 4 heteroatoms. The van der Waals surface area contributed by atoms with Crippen LogP contribution in [-0.2, 0) is 11.2 Å². The Morgan fingerprint density at radius 1 is 1.29 bits per heavy atom. The summed E-state index contributed by atoms with van der Waals surface area (Å²) in [6.07, 6.45) is 2.91. The van der Waals surface area contributed by atoms with E-state index in [0.717, 1.165) is 29.7 Å². The number of thiocarbonyl (C=S) groups is 1. The summed E-state index contributed by atoms with van der Waals surface area (Å²) in [5, 5.41) is 12.5. The lowest BCUT2D eigenvalue weighted by Gasteiger charge is -2.34. The van der Waals surface area contributed by atoms with Gasteiger partial charge in [-0.05, 0) is 24.8 Å². The predicted molar refractivity (Wildman–Crippen MR) is 87.1 cm³/mol. The fraction of sp³-hybridized carbons (Fsp3) is 0.294. The summed E-state index contributed by atoms with van der Waals surface area (Å²) in [6.45, 7) is 0. The van der Waals surface area contributed by atoms with E-state index < -0.39 is 0 Å². The van der Waals surface area contributed by atoms with Gasteiger partial charge >= 0.3 is 0 Å². The zero-order valence-corrected chi connectivity index (χ0v) is 12.4. The topological polar surface area (TPSA) is 51.4 Å². The second-order valence-electron chi connectivity index (χ2n) is 5.39. The third-order valence-corrected chi connectivity index (χ3v) is 4.39. The molecule has 0 spiro atoms. The summed E-state index contributed by atoms with van der Waals surface area (Å²) in [5.74, 6) is 2.16. The van der Waals surface area contributed by atoms with Gasteiger partial charge in [0.15, 0.2) is 5.78 Å². The molecule has 1 aromatic rings. The zero-order valence-electron chi connectivity index (χ0n) is 11.6. The smallest absolute Gasteiger partial charge is 0.161 e. The Hall–Kier alpha value is -2.03. The molecule has 0 radical (unpaired) electrons. The molecule has 0 aromatic heterocycles. The van der Waals surface area contributed by atoms with Crippen LogP contribution in [0.3, 0.4) is 0 Å². The minimum absolute atomic E-state index is 0.153. The lowest BCUT2D eigenvalue weighted by atomic mass is 9.76. The summed E-state index contributed by atoms with van der Waals surface area (Å²) in [7, 11) is 0. The Balaban J connectivity index is 2.05. The average Bonchev–Trinajstić information content (AvgIpc) is 2.48. The van der Waals surface area contributed by atoms with Crippen molar-refractivity contribution in [2.24, 2.45) is 5.92 Å². The van der Waals surface area contributed by atoms with Crippen molar-refractivity contribution in [1.82, 2.24) is 5.32 Å². The molecule has 2 aliphatic rings. The molecular formula is C17H15N2OS-. The van der Waals surface area contributed by atoms with Crippen molar-refractivity contribution in [2.75, 3.05) is 0 Å². The van der Waals surface area contributed by atoms with Gasteiger partial charge in [-0.2, -0.15) is 0 Å². The average molecular weight is 295 g/mol. The van der Waals surface area contributed by atoms with Crippen LogP contribution in [0.2, 0.25) is 0 Å². The van der Waals surface area contributed by atoms with Crippen LogP contribution in [0.25, 0.3) is 5.41 Å². The van der Waals surface area contributed by atoms with E-state index in [0.29, 0.717) is 23.4 Å². The summed E-state index contributed by atoms with van der Waals surface area (Å²) in [4.78, 5) is 12.8. The van der Waals surface area contributed by atoms with Gasteiger partial charge in [0.2, 0.25) is 0 Å². The van der Waals surface area contributed by atoms with Gasteiger partial charge in [-0.25, -0.2) is 0 Å². The highest BCUT2D eigenvalue weighted by molar-refractivity contribution is 7.80. The normalized spacial score (nSPS) is 21.7. The number of rotatable bonds is 2. The van der Waals surface area contributed by atoms with Crippen LogP contribution in [0.15, 0.2) is 47.2 Å². The van der Waals surface area contributed by atoms with Crippen LogP contribution in [-0.4, -0.2) is 16.6 Å². The van der Waals surface area contributed by atoms with Gasteiger partial charge in [0.25, 0.3) is 0 Å². The first-order chi connectivity index (χ1) is 10.2. The molecule has 3 nitrogen and oxygen atoms in total. The van der Waals surface area contributed by atoms with Gasteiger partial charge in [0.1, 0.15) is 4.99 Å². The first-order valence-electron chi connectivity index (χ1n) is 7.09. The fourth-order valence-electron chi connectivity index (χ4n) is 3.09. The Labute approximate surface area is 129 Å². The Morgan fingerprint density at radius 3 is 2.76 bits per heavy atom. The molecule has 0 bridgehead atoms. The van der Waals surface area contributed by atoms with Gasteiger partial charge in [-0.3, -0.25) is 10.7 Å². The summed E-state index contributed by atoms with van der Waals surface area (Å²) < 4.78 is 0.